The van der Waals surface area contributed by atoms with E-state index in [9.17, 15) is 4.79 Å². The Labute approximate surface area is 111 Å². The molecule has 6 heteroatoms. The van der Waals surface area contributed by atoms with Crippen LogP contribution in [0.4, 0.5) is 5.82 Å². The molecule has 1 N–H and O–H groups in total. The van der Waals surface area contributed by atoms with Crippen LogP contribution in [0, 0.1) is 6.92 Å². The highest BCUT2D eigenvalue weighted by molar-refractivity contribution is 5.32. The van der Waals surface area contributed by atoms with E-state index in [0.29, 0.717) is 12.4 Å². The molecule has 0 spiro atoms. The zero-order valence-electron chi connectivity index (χ0n) is 11.6. The van der Waals surface area contributed by atoms with E-state index in [-0.39, 0.29) is 11.1 Å². The highest BCUT2D eigenvalue weighted by Crippen LogP contribution is 2.11. The van der Waals surface area contributed by atoms with Crippen molar-refractivity contribution in [1.29, 1.82) is 0 Å². The number of rotatable bonds is 3. The van der Waals surface area contributed by atoms with Gasteiger partial charge in [0.1, 0.15) is 11.5 Å². The molecule has 0 aliphatic rings. The van der Waals surface area contributed by atoms with Gasteiger partial charge in [-0.2, -0.15) is 0 Å². The first kappa shape index (κ1) is 13.3. The smallest absolute Gasteiger partial charge is 0.293 e. The lowest BCUT2D eigenvalue weighted by atomic mass is 10.1. The number of aryl methyl sites for hydroxylation is 1. The molecule has 0 bridgehead atoms. The first-order valence-electron chi connectivity index (χ1n) is 6.12. The van der Waals surface area contributed by atoms with E-state index in [4.69, 9.17) is 4.52 Å². The molecule has 0 amide bonds. The summed E-state index contributed by atoms with van der Waals surface area (Å²) in [7, 11) is 0. The molecule has 6 nitrogen and oxygen atoms in total. The van der Waals surface area contributed by atoms with Crippen molar-refractivity contribution in [3.63, 3.8) is 0 Å². The maximum Gasteiger partial charge on any atom is 0.293 e. The quantitative estimate of drug-likeness (QED) is 0.914. The summed E-state index contributed by atoms with van der Waals surface area (Å²) in [5, 5.41) is 6.85. The number of aromatic nitrogens is 3. The molecule has 0 saturated heterocycles. The lowest BCUT2D eigenvalue weighted by Gasteiger charge is -2.22. The Morgan fingerprint density at radius 2 is 2.16 bits per heavy atom. The van der Waals surface area contributed by atoms with Gasteiger partial charge >= 0.3 is 0 Å². The summed E-state index contributed by atoms with van der Waals surface area (Å²) in [6, 6.07) is 1.82. The van der Waals surface area contributed by atoms with Crippen LogP contribution >= 0.6 is 0 Å². The van der Waals surface area contributed by atoms with Crippen LogP contribution in [0.25, 0.3) is 0 Å². The van der Waals surface area contributed by atoms with Crippen molar-refractivity contribution < 1.29 is 4.52 Å². The predicted molar refractivity (Wildman–Crippen MR) is 72.1 cm³/mol. The minimum Gasteiger partial charge on any atom is -0.361 e. The van der Waals surface area contributed by atoms with Gasteiger partial charge < -0.3 is 14.4 Å². The van der Waals surface area contributed by atoms with E-state index in [2.05, 4.69) is 15.5 Å². The van der Waals surface area contributed by atoms with E-state index in [0.717, 1.165) is 11.5 Å². The molecule has 2 aromatic rings. The van der Waals surface area contributed by atoms with Gasteiger partial charge in [-0.25, -0.2) is 4.98 Å². The molecule has 102 valence electrons. The van der Waals surface area contributed by atoms with Crippen LogP contribution in [0.15, 0.2) is 27.8 Å². The van der Waals surface area contributed by atoms with Crippen LogP contribution in [-0.4, -0.2) is 14.7 Å². The minimum atomic E-state index is -0.277. The lowest BCUT2D eigenvalue weighted by molar-refractivity contribution is 0.383. The second kappa shape index (κ2) is 4.87. The Hall–Kier alpha value is -2.11. The van der Waals surface area contributed by atoms with Crippen LogP contribution in [0.2, 0.25) is 0 Å². The van der Waals surface area contributed by atoms with Crippen molar-refractivity contribution in [3.05, 3.63) is 40.3 Å². The molecule has 0 saturated carbocycles. The third-order valence-corrected chi connectivity index (χ3v) is 2.68. The Morgan fingerprint density at radius 3 is 2.74 bits per heavy atom. The van der Waals surface area contributed by atoms with Crippen LogP contribution in [-0.2, 0) is 12.1 Å². The van der Waals surface area contributed by atoms with Crippen LogP contribution in [0.1, 0.15) is 32.2 Å². The molecule has 2 rings (SSSR count). The van der Waals surface area contributed by atoms with Gasteiger partial charge in [-0.05, 0) is 27.7 Å². The van der Waals surface area contributed by atoms with Crippen molar-refractivity contribution >= 4 is 5.82 Å². The summed E-state index contributed by atoms with van der Waals surface area (Å²) in [4.78, 5) is 16.3. The molecule has 0 fully saturated rings. The summed E-state index contributed by atoms with van der Waals surface area (Å²) in [6.07, 6.45) is 3.30. The average Bonchev–Trinajstić information content (AvgIpc) is 2.72. The minimum absolute atomic E-state index is 0.143. The SMILES string of the molecule is Cc1cc(CNc2nccn(C(C)(C)C)c2=O)no1. The van der Waals surface area contributed by atoms with Crippen LogP contribution < -0.4 is 10.9 Å². The number of anilines is 1. The Kier molecular flexibility index (Phi) is 3.42. The zero-order valence-corrected chi connectivity index (χ0v) is 11.6. The molecule has 0 aromatic carbocycles. The number of hydrogen-bond donors (Lipinski definition) is 1. The van der Waals surface area contributed by atoms with Crippen LogP contribution in [0.5, 0.6) is 0 Å². The molecule has 0 atom stereocenters. The maximum absolute atomic E-state index is 12.2. The molecular formula is C13H18N4O2. The summed E-state index contributed by atoms with van der Waals surface area (Å²) in [5.74, 6) is 1.06. The predicted octanol–water partition coefficient (Wildman–Crippen LogP) is 1.91. The molecule has 2 aromatic heterocycles. The van der Waals surface area contributed by atoms with Crippen molar-refractivity contribution in [1.82, 2.24) is 14.7 Å². The van der Waals surface area contributed by atoms with Gasteiger partial charge in [-0.3, -0.25) is 4.79 Å². The molecule has 0 aliphatic carbocycles. The second-order valence-corrected chi connectivity index (χ2v) is 5.40. The fraction of sp³-hybridized carbons (Fsp3) is 0.462. The van der Waals surface area contributed by atoms with E-state index in [1.54, 1.807) is 17.0 Å². The first-order valence-corrected chi connectivity index (χ1v) is 6.12. The standard InChI is InChI=1S/C13H18N4O2/c1-9-7-10(16-19-9)8-15-11-12(18)17(6-5-14-11)13(2,3)4/h5-7H,8H2,1-4H3,(H,14,15). The molecule has 0 unspecified atom stereocenters. The first-order chi connectivity index (χ1) is 8.88. The molecule has 0 radical (unpaired) electrons. The van der Waals surface area contributed by atoms with E-state index in [1.165, 1.54) is 0 Å². The lowest BCUT2D eigenvalue weighted by Crippen LogP contribution is -2.35. The van der Waals surface area contributed by atoms with E-state index >= 15 is 0 Å². The molecular weight excluding hydrogens is 244 g/mol. The van der Waals surface area contributed by atoms with E-state index in [1.807, 2.05) is 33.8 Å². The average molecular weight is 262 g/mol. The Morgan fingerprint density at radius 1 is 1.42 bits per heavy atom. The Bertz CT molecular complexity index is 622. The van der Waals surface area contributed by atoms with Crippen molar-refractivity contribution in [2.24, 2.45) is 0 Å². The highest BCUT2D eigenvalue weighted by Gasteiger charge is 2.16. The van der Waals surface area contributed by atoms with Gasteiger partial charge in [0.25, 0.3) is 5.56 Å². The van der Waals surface area contributed by atoms with Crippen molar-refractivity contribution in [3.8, 4) is 0 Å². The van der Waals surface area contributed by atoms with Gasteiger partial charge in [-0.15, -0.1) is 0 Å². The second-order valence-electron chi connectivity index (χ2n) is 5.40. The van der Waals surface area contributed by atoms with Gasteiger partial charge in [0.05, 0.1) is 6.54 Å². The number of nitrogens with zero attached hydrogens (tertiary/aromatic N) is 3. The van der Waals surface area contributed by atoms with Gasteiger partial charge in [0.15, 0.2) is 5.82 Å². The van der Waals surface area contributed by atoms with Gasteiger partial charge in [0, 0.05) is 24.0 Å². The maximum atomic E-state index is 12.2. The summed E-state index contributed by atoms with van der Waals surface area (Å²) < 4.78 is 6.62. The summed E-state index contributed by atoms with van der Waals surface area (Å²) in [5.41, 5.74) is 0.320. The number of hydrogen-bond acceptors (Lipinski definition) is 5. The van der Waals surface area contributed by atoms with Crippen LogP contribution in [0.3, 0.4) is 0 Å². The Balaban J connectivity index is 2.20. The van der Waals surface area contributed by atoms with Gasteiger partial charge in [-0.1, -0.05) is 5.16 Å². The zero-order chi connectivity index (χ0) is 14.0. The largest absolute Gasteiger partial charge is 0.361 e. The normalized spacial score (nSPS) is 11.6. The monoisotopic (exact) mass is 262 g/mol. The van der Waals surface area contributed by atoms with Gasteiger partial charge in [0.2, 0.25) is 0 Å². The fourth-order valence-corrected chi connectivity index (χ4v) is 1.74. The third-order valence-electron chi connectivity index (χ3n) is 2.68. The highest BCUT2D eigenvalue weighted by atomic mass is 16.5. The van der Waals surface area contributed by atoms with Crippen molar-refractivity contribution in [2.45, 2.75) is 39.8 Å². The molecule has 19 heavy (non-hydrogen) atoms. The topological polar surface area (TPSA) is 73.0 Å². The molecule has 2 heterocycles. The molecule has 0 aliphatic heterocycles. The fourth-order valence-electron chi connectivity index (χ4n) is 1.74. The summed E-state index contributed by atoms with van der Waals surface area (Å²) in [6.45, 7) is 8.15. The summed E-state index contributed by atoms with van der Waals surface area (Å²) >= 11 is 0. The third kappa shape index (κ3) is 3.01. The van der Waals surface area contributed by atoms with Crippen molar-refractivity contribution in [2.75, 3.05) is 5.32 Å². The number of nitrogens with one attached hydrogen (secondary N) is 1. The van der Waals surface area contributed by atoms with E-state index < -0.39 is 0 Å².